The van der Waals surface area contributed by atoms with Gasteiger partial charge in [0.1, 0.15) is 5.82 Å². The fourth-order valence-electron chi connectivity index (χ4n) is 2.30. The van der Waals surface area contributed by atoms with Gasteiger partial charge in [-0.05, 0) is 48.4 Å². The van der Waals surface area contributed by atoms with Crippen LogP contribution in [0.4, 0.5) is 15.8 Å². The number of benzene rings is 2. The zero-order valence-electron chi connectivity index (χ0n) is 11.8. The Labute approximate surface area is 137 Å². The Morgan fingerprint density at radius 2 is 1.91 bits per heavy atom. The van der Waals surface area contributed by atoms with Crippen molar-refractivity contribution in [2.45, 2.75) is 17.7 Å². The zero-order valence-corrected chi connectivity index (χ0v) is 13.3. The lowest BCUT2D eigenvalue weighted by Gasteiger charge is -2.18. The van der Waals surface area contributed by atoms with Crippen molar-refractivity contribution in [3.05, 3.63) is 52.8 Å². The Hall–Kier alpha value is -2.12. The minimum absolute atomic E-state index is 0.0289. The maximum absolute atomic E-state index is 13.0. The van der Waals surface area contributed by atoms with Crippen LogP contribution in [0.15, 0.2) is 41.3 Å². The molecule has 2 aromatic rings. The van der Waals surface area contributed by atoms with E-state index in [1.807, 2.05) is 0 Å². The van der Waals surface area contributed by atoms with Crippen molar-refractivity contribution in [3.8, 4) is 0 Å². The molecule has 0 aliphatic carbocycles. The van der Waals surface area contributed by atoms with Gasteiger partial charge in [-0.2, -0.15) is 0 Å². The van der Waals surface area contributed by atoms with Crippen molar-refractivity contribution in [3.63, 3.8) is 0 Å². The Balaban J connectivity index is 1.92. The second-order valence-electron chi connectivity index (χ2n) is 5.10. The van der Waals surface area contributed by atoms with Crippen LogP contribution < -0.4 is 10.0 Å². The molecule has 3 rings (SSSR count). The predicted molar refractivity (Wildman–Crippen MR) is 85.6 cm³/mol. The van der Waals surface area contributed by atoms with Crippen molar-refractivity contribution in [1.29, 1.82) is 0 Å². The molecule has 1 aliphatic heterocycles. The summed E-state index contributed by atoms with van der Waals surface area (Å²) in [5.74, 6) is -0.646. The molecule has 0 unspecified atom stereocenters. The number of carbonyl (C=O) groups excluding carboxylic acids is 1. The molecule has 1 aliphatic rings. The van der Waals surface area contributed by atoms with Crippen LogP contribution in [0.25, 0.3) is 0 Å². The maximum atomic E-state index is 13.0. The lowest BCUT2D eigenvalue weighted by Crippen LogP contribution is -2.20. The summed E-state index contributed by atoms with van der Waals surface area (Å²) in [6.45, 7) is 0. The van der Waals surface area contributed by atoms with Crippen LogP contribution in [-0.2, 0) is 21.2 Å². The summed E-state index contributed by atoms with van der Waals surface area (Å²) in [7, 11) is -3.87. The Morgan fingerprint density at radius 1 is 1.13 bits per heavy atom. The van der Waals surface area contributed by atoms with Gasteiger partial charge in [-0.25, -0.2) is 12.8 Å². The standard InChI is InChI=1S/C15H12ClFN2O3S/c16-12-8-10(17)2-4-14(12)19-23(21,22)11-3-5-13-9(7-11)1-6-15(20)18-13/h2-5,7-8,19H,1,6H2,(H,18,20). The van der Waals surface area contributed by atoms with Gasteiger partial charge in [0.05, 0.1) is 15.6 Å². The first-order valence-corrected chi connectivity index (χ1v) is 8.62. The lowest BCUT2D eigenvalue weighted by molar-refractivity contribution is -0.116. The van der Waals surface area contributed by atoms with Gasteiger partial charge >= 0.3 is 0 Å². The normalized spacial score (nSPS) is 14.1. The van der Waals surface area contributed by atoms with Gasteiger partial charge < -0.3 is 5.32 Å². The number of hydrogen-bond acceptors (Lipinski definition) is 3. The number of nitrogens with one attached hydrogen (secondary N) is 2. The second-order valence-corrected chi connectivity index (χ2v) is 7.19. The number of carbonyl (C=O) groups is 1. The molecule has 8 heteroatoms. The van der Waals surface area contributed by atoms with Gasteiger partial charge in [0.15, 0.2) is 0 Å². The third-order valence-corrected chi connectivity index (χ3v) is 5.13. The van der Waals surface area contributed by atoms with Crippen molar-refractivity contribution in [2.24, 2.45) is 0 Å². The fraction of sp³-hybridized carbons (Fsp3) is 0.133. The zero-order chi connectivity index (χ0) is 16.6. The van der Waals surface area contributed by atoms with E-state index in [0.717, 1.165) is 17.7 Å². The van der Waals surface area contributed by atoms with Crippen molar-refractivity contribution < 1.29 is 17.6 Å². The number of hydrogen-bond donors (Lipinski definition) is 2. The van der Waals surface area contributed by atoms with Gasteiger partial charge in [-0.15, -0.1) is 0 Å². The van der Waals surface area contributed by atoms with E-state index in [2.05, 4.69) is 10.0 Å². The quantitative estimate of drug-likeness (QED) is 0.889. The Bertz CT molecular complexity index is 900. The summed E-state index contributed by atoms with van der Waals surface area (Å²) in [6, 6.07) is 7.85. The number of aryl methyl sites for hydroxylation is 1. The summed E-state index contributed by atoms with van der Waals surface area (Å²) in [6.07, 6.45) is 0.787. The molecule has 120 valence electrons. The molecule has 0 aromatic heterocycles. The van der Waals surface area contributed by atoms with E-state index in [0.29, 0.717) is 18.5 Å². The molecule has 0 atom stereocenters. The molecular formula is C15H12ClFN2O3S. The highest BCUT2D eigenvalue weighted by molar-refractivity contribution is 7.92. The molecule has 0 saturated carbocycles. The molecule has 2 N–H and O–H groups in total. The third kappa shape index (κ3) is 3.30. The molecular weight excluding hydrogens is 343 g/mol. The second kappa shape index (κ2) is 5.82. The molecule has 0 spiro atoms. The highest BCUT2D eigenvalue weighted by atomic mass is 35.5. The molecule has 0 saturated heterocycles. The van der Waals surface area contributed by atoms with Crippen LogP contribution in [0, 0.1) is 5.82 Å². The molecule has 2 aromatic carbocycles. The monoisotopic (exact) mass is 354 g/mol. The first kappa shape index (κ1) is 15.8. The van der Waals surface area contributed by atoms with Gasteiger partial charge in [0.25, 0.3) is 10.0 Å². The van der Waals surface area contributed by atoms with Crippen LogP contribution in [0.5, 0.6) is 0 Å². The Morgan fingerprint density at radius 3 is 2.65 bits per heavy atom. The number of fused-ring (bicyclic) bond motifs is 1. The van der Waals surface area contributed by atoms with Gasteiger partial charge in [-0.1, -0.05) is 11.6 Å². The van der Waals surface area contributed by atoms with Crippen LogP contribution in [0.1, 0.15) is 12.0 Å². The van der Waals surface area contributed by atoms with E-state index in [-0.39, 0.29) is 21.5 Å². The van der Waals surface area contributed by atoms with E-state index in [1.54, 1.807) is 6.07 Å². The minimum atomic E-state index is -3.87. The first-order valence-electron chi connectivity index (χ1n) is 6.76. The summed E-state index contributed by atoms with van der Waals surface area (Å²) >= 11 is 5.84. The van der Waals surface area contributed by atoms with Crippen LogP contribution in [0.2, 0.25) is 5.02 Å². The topological polar surface area (TPSA) is 75.3 Å². The van der Waals surface area contributed by atoms with E-state index in [1.165, 1.54) is 18.2 Å². The molecule has 0 fully saturated rings. The molecule has 1 amide bonds. The van der Waals surface area contributed by atoms with Gasteiger partial charge in [-0.3, -0.25) is 9.52 Å². The molecule has 5 nitrogen and oxygen atoms in total. The number of halogens is 2. The van der Waals surface area contributed by atoms with E-state index < -0.39 is 15.8 Å². The summed E-state index contributed by atoms with van der Waals surface area (Å²) in [5.41, 5.74) is 1.46. The molecule has 1 heterocycles. The first-order chi connectivity index (χ1) is 10.8. The Kier molecular flexibility index (Phi) is 3.99. The fourth-order valence-corrected chi connectivity index (χ4v) is 3.70. The lowest BCUT2D eigenvalue weighted by atomic mass is 10.0. The number of anilines is 2. The summed E-state index contributed by atoms with van der Waals surface area (Å²) < 4.78 is 40.2. The third-order valence-electron chi connectivity index (χ3n) is 3.46. The SMILES string of the molecule is O=C1CCc2cc(S(=O)(=O)Nc3ccc(F)cc3Cl)ccc2N1. The number of amides is 1. The van der Waals surface area contributed by atoms with Crippen LogP contribution in [0.3, 0.4) is 0 Å². The predicted octanol–water partition coefficient (Wildman–Crippen LogP) is 3.16. The van der Waals surface area contributed by atoms with E-state index >= 15 is 0 Å². The van der Waals surface area contributed by atoms with E-state index in [4.69, 9.17) is 11.6 Å². The van der Waals surface area contributed by atoms with Crippen molar-refractivity contribution >= 4 is 38.9 Å². The summed E-state index contributed by atoms with van der Waals surface area (Å²) in [5, 5.41) is 2.66. The molecule has 0 radical (unpaired) electrons. The average Bonchev–Trinajstić information content (AvgIpc) is 2.49. The number of sulfonamides is 1. The van der Waals surface area contributed by atoms with E-state index in [9.17, 15) is 17.6 Å². The minimum Gasteiger partial charge on any atom is -0.326 e. The van der Waals surface area contributed by atoms with Crippen molar-refractivity contribution in [2.75, 3.05) is 10.0 Å². The highest BCUT2D eigenvalue weighted by Crippen LogP contribution is 2.28. The highest BCUT2D eigenvalue weighted by Gasteiger charge is 2.20. The van der Waals surface area contributed by atoms with Gasteiger partial charge in [0, 0.05) is 12.1 Å². The maximum Gasteiger partial charge on any atom is 0.261 e. The van der Waals surface area contributed by atoms with Crippen LogP contribution in [-0.4, -0.2) is 14.3 Å². The average molecular weight is 355 g/mol. The molecule has 0 bridgehead atoms. The van der Waals surface area contributed by atoms with Crippen molar-refractivity contribution in [1.82, 2.24) is 0 Å². The van der Waals surface area contributed by atoms with Crippen LogP contribution >= 0.6 is 11.6 Å². The summed E-state index contributed by atoms with van der Waals surface area (Å²) in [4.78, 5) is 11.4. The largest absolute Gasteiger partial charge is 0.326 e. The van der Waals surface area contributed by atoms with Gasteiger partial charge in [0.2, 0.25) is 5.91 Å². The number of rotatable bonds is 3. The molecule has 23 heavy (non-hydrogen) atoms. The smallest absolute Gasteiger partial charge is 0.261 e.